The molecule has 9 heteroatoms. The predicted octanol–water partition coefficient (Wildman–Crippen LogP) is 1.82. The quantitative estimate of drug-likeness (QED) is 0.622. The highest BCUT2D eigenvalue weighted by molar-refractivity contribution is 5.84. The van der Waals surface area contributed by atoms with Gasteiger partial charge in [0.1, 0.15) is 6.10 Å². The van der Waals surface area contributed by atoms with E-state index < -0.39 is 12.2 Å². The largest absolute Gasteiger partial charge is 0.453 e. The van der Waals surface area contributed by atoms with E-state index in [1.165, 1.54) is 7.11 Å². The Kier molecular flexibility index (Phi) is 6.72. The first-order valence-corrected chi connectivity index (χ1v) is 11.0. The van der Waals surface area contributed by atoms with Gasteiger partial charge in [0.25, 0.3) is 5.91 Å². The van der Waals surface area contributed by atoms with E-state index >= 15 is 0 Å². The van der Waals surface area contributed by atoms with Crippen molar-refractivity contribution in [2.24, 2.45) is 0 Å². The van der Waals surface area contributed by atoms with Gasteiger partial charge in [0.2, 0.25) is 0 Å². The fraction of sp³-hybridized carbons (Fsp3) is 0.591. The summed E-state index contributed by atoms with van der Waals surface area (Å²) in [4.78, 5) is 31.2. The summed E-state index contributed by atoms with van der Waals surface area (Å²) < 4.78 is 12.5. The topological polar surface area (TPSA) is 97.7 Å². The Morgan fingerprint density at radius 2 is 2.29 bits per heavy atom. The number of nitrogens with zero attached hydrogens (tertiary/aromatic N) is 3. The number of methoxy groups -OCH3 is 1. The average molecular weight is 430 g/mol. The molecule has 1 saturated heterocycles. The van der Waals surface area contributed by atoms with Crippen LogP contribution in [-0.4, -0.2) is 71.9 Å². The molecule has 2 aromatic heterocycles. The van der Waals surface area contributed by atoms with E-state index in [0.29, 0.717) is 19.7 Å². The number of pyridine rings is 1. The minimum atomic E-state index is -0.428. The van der Waals surface area contributed by atoms with Crippen LogP contribution in [0.5, 0.6) is 0 Å². The van der Waals surface area contributed by atoms with Crippen LogP contribution in [0.3, 0.4) is 0 Å². The highest BCUT2D eigenvalue weighted by atomic mass is 16.5. The summed E-state index contributed by atoms with van der Waals surface area (Å²) in [7, 11) is 1.36. The first-order valence-electron chi connectivity index (χ1n) is 11.0. The highest BCUT2D eigenvalue weighted by Gasteiger charge is 2.40. The predicted molar refractivity (Wildman–Crippen MR) is 116 cm³/mol. The number of fused-ring (bicyclic) bond motifs is 1. The molecular formula is C22H31N5O4. The van der Waals surface area contributed by atoms with Crippen molar-refractivity contribution in [3.8, 4) is 0 Å². The molecule has 0 spiro atoms. The summed E-state index contributed by atoms with van der Waals surface area (Å²) in [5.74, 6) is 0.0568. The molecule has 9 nitrogen and oxygen atoms in total. The number of aromatic nitrogens is 2. The molecule has 0 aromatic carbocycles. The third-order valence-corrected chi connectivity index (χ3v) is 5.96. The molecule has 168 valence electrons. The minimum absolute atomic E-state index is 0.0568. The maximum absolute atomic E-state index is 13.3. The van der Waals surface area contributed by atoms with Gasteiger partial charge >= 0.3 is 6.09 Å². The van der Waals surface area contributed by atoms with Crippen LogP contribution in [0.25, 0.3) is 11.0 Å². The molecule has 2 amide bonds. The normalized spacial score (nSPS) is 19.7. The zero-order valence-electron chi connectivity index (χ0n) is 18.2. The van der Waals surface area contributed by atoms with Crippen LogP contribution >= 0.6 is 0 Å². The lowest BCUT2D eigenvalue weighted by molar-refractivity contribution is -0.148. The Labute approximate surface area is 182 Å². The molecule has 2 aliphatic rings. The number of amides is 2. The van der Waals surface area contributed by atoms with Crippen LogP contribution < -0.4 is 10.6 Å². The first-order chi connectivity index (χ1) is 15.1. The Hall–Kier alpha value is -2.65. The monoisotopic (exact) mass is 429 g/mol. The number of morpholine rings is 1. The van der Waals surface area contributed by atoms with Gasteiger partial charge < -0.3 is 29.6 Å². The van der Waals surface area contributed by atoms with Crippen molar-refractivity contribution in [1.82, 2.24) is 25.1 Å². The number of carbonyl (C=O) groups is 2. The lowest BCUT2D eigenvalue weighted by atomic mass is 10.1. The van der Waals surface area contributed by atoms with Crippen molar-refractivity contribution in [3.05, 3.63) is 30.1 Å². The zero-order chi connectivity index (χ0) is 21.8. The maximum atomic E-state index is 13.3. The fourth-order valence-electron chi connectivity index (χ4n) is 4.23. The number of hydrogen-bond donors (Lipinski definition) is 2. The van der Waals surface area contributed by atoms with Crippen molar-refractivity contribution < 1.29 is 19.1 Å². The average Bonchev–Trinajstić information content (AvgIpc) is 3.57. The number of hydrogen-bond acceptors (Lipinski definition) is 6. The third-order valence-electron chi connectivity index (χ3n) is 5.96. The second-order valence-corrected chi connectivity index (χ2v) is 8.14. The van der Waals surface area contributed by atoms with Gasteiger partial charge in [-0.05, 0) is 38.3 Å². The maximum Gasteiger partial charge on any atom is 0.406 e. The van der Waals surface area contributed by atoms with Crippen molar-refractivity contribution >= 4 is 23.0 Å². The molecule has 2 fully saturated rings. The molecule has 2 atom stereocenters. The molecule has 4 rings (SSSR count). The summed E-state index contributed by atoms with van der Waals surface area (Å²) in [5, 5.41) is 5.97. The third kappa shape index (κ3) is 4.83. The van der Waals surface area contributed by atoms with Gasteiger partial charge in [-0.2, -0.15) is 0 Å². The molecule has 0 radical (unpaired) electrons. The number of alkyl carbamates (subject to hydrolysis) is 1. The number of nitrogens with one attached hydrogen (secondary N) is 2. The summed E-state index contributed by atoms with van der Waals surface area (Å²) in [5.41, 5.74) is 2.99. The Bertz CT molecular complexity index is 920. The smallest absolute Gasteiger partial charge is 0.406 e. The summed E-state index contributed by atoms with van der Waals surface area (Å²) >= 11 is 0. The molecule has 1 aliphatic carbocycles. The van der Waals surface area contributed by atoms with Crippen molar-refractivity contribution in [1.29, 1.82) is 0 Å². The second kappa shape index (κ2) is 9.65. The summed E-state index contributed by atoms with van der Waals surface area (Å²) in [6, 6.07) is 4.13. The van der Waals surface area contributed by atoms with Gasteiger partial charge in [-0.3, -0.25) is 9.78 Å². The molecule has 1 aliphatic heterocycles. The molecule has 31 heavy (non-hydrogen) atoms. The fourth-order valence-corrected chi connectivity index (χ4v) is 4.23. The van der Waals surface area contributed by atoms with E-state index in [1.807, 2.05) is 17.0 Å². The van der Waals surface area contributed by atoms with E-state index in [0.717, 1.165) is 48.9 Å². The van der Waals surface area contributed by atoms with Crippen LogP contribution in [0, 0.1) is 0 Å². The van der Waals surface area contributed by atoms with Crippen molar-refractivity contribution in [3.63, 3.8) is 0 Å². The van der Waals surface area contributed by atoms with E-state index in [9.17, 15) is 9.59 Å². The number of aryl methyl sites for hydroxylation is 1. The van der Waals surface area contributed by atoms with E-state index in [4.69, 9.17) is 4.74 Å². The molecular weight excluding hydrogens is 398 g/mol. The standard InChI is InChI=1S/C22H31N5O4/c1-15(27(16-6-7-16)21(28)19-13-23-10-12-31-19)17-14-26(11-4-9-25-22(29)30-2)18-5-3-8-24-20(17)18/h3,5,8,14-16,19,23H,4,6-7,9-13H2,1-2H3,(H,25,29)/t15-,19-/m1/s1. The van der Waals surface area contributed by atoms with Gasteiger partial charge in [-0.25, -0.2) is 4.79 Å². The Balaban J connectivity index is 1.54. The van der Waals surface area contributed by atoms with Crippen LogP contribution in [0.1, 0.15) is 37.8 Å². The first kappa shape index (κ1) is 21.6. The Morgan fingerprint density at radius 3 is 3.00 bits per heavy atom. The lowest BCUT2D eigenvalue weighted by Gasteiger charge is -2.34. The van der Waals surface area contributed by atoms with Gasteiger partial charge in [0, 0.05) is 50.2 Å². The summed E-state index contributed by atoms with van der Waals surface area (Å²) in [6.45, 7) is 5.23. The van der Waals surface area contributed by atoms with E-state index in [2.05, 4.69) is 38.0 Å². The van der Waals surface area contributed by atoms with E-state index in [-0.39, 0.29) is 18.0 Å². The van der Waals surface area contributed by atoms with Gasteiger partial charge in [-0.15, -0.1) is 0 Å². The molecule has 3 heterocycles. The van der Waals surface area contributed by atoms with Gasteiger partial charge in [0.05, 0.1) is 30.8 Å². The number of ether oxygens (including phenoxy) is 2. The minimum Gasteiger partial charge on any atom is -0.453 e. The molecule has 1 saturated carbocycles. The molecule has 0 unspecified atom stereocenters. The molecule has 0 bridgehead atoms. The number of carbonyl (C=O) groups excluding carboxylic acids is 2. The van der Waals surface area contributed by atoms with Crippen LogP contribution in [0.2, 0.25) is 0 Å². The van der Waals surface area contributed by atoms with Crippen LogP contribution in [0.15, 0.2) is 24.5 Å². The van der Waals surface area contributed by atoms with Crippen LogP contribution in [-0.2, 0) is 20.8 Å². The SMILES string of the molecule is COC(=O)NCCCn1cc([C@@H](C)N(C(=O)[C@H]2CNCCO2)C2CC2)c2ncccc21. The zero-order valence-corrected chi connectivity index (χ0v) is 18.2. The van der Waals surface area contributed by atoms with Gasteiger partial charge in [-0.1, -0.05) is 0 Å². The van der Waals surface area contributed by atoms with Crippen LogP contribution in [0.4, 0.5) is 4.79 Å². The van der Waals surface area contributed by atoms with Crippen molar-refractivity contribution in [2.45, 2.75) is 50.9 Å². The Morgan fingerprint density at radius 1 is 1.45 bits per heavy atom. The highest BCUT2D eigenvalue weighted by Crippen LogP contribution is 2.37. The lowest BCUT2D eigenvalue weighted by Crippen LogP contribution is -2.50. The summed E-state index contributed by atoms with van der Waals surface area (Å²) in [6.07, 6.45) is 5.86. The van der Waals surface area contributed by atoms with Gasteiger partial charge in [0.15, 0.2) is 0 Å². The molecule has 2 N–H and O–H groups in total. The molecule has 2 aromatic rings. The van der Waals surface area contributed by atoms with E-state index in [1.54, 1.807) is 6.20 Å². The number of rotatable bonds is 8. The van der Waals surface area contributed by atoms with Crippen molar-refractivity contribution in [2.75, 3.05) is 33.4 Å². The second-order valence-electron chi connectivity index (χ2n) is 8.14.